The van der Waals surface area contributed by atoms with Gasteiger partial charge in [0, 0.05) is 30.0 Å². The molecule has 192 valence electrons. The second-order valence-electron chi connectivity index (χ2n) is 10.3. The summed E-state index contributed by atoms with van der Waals surface area (Å²) in [5, 5.41) is 10.8. The first-order chi connectivity index (χ1) is 17.5. The van der Waals surface area contributed by atoms with Gasteiger partial charge in [0.25, 0.3) is 5.91 Å². The second kappa shape index (κ2) is 10.7. The zero-order chi connectivity index (χ0) is 25.1. The molecule has 2 aliphatic heterocycles. The van der Waals surface area contributed by atoms with E-state index in [9.17, 15) is 14.4 Å². The summed E-state index contributed by atoms with van der Waals surface area (Å²) >= 11 is 1.24. The largest absolute Gasteiger partial charge is 0.381 e. The normalized spacial score (nSPS) is 20.6. The summed E-state index contributed by atoms with van der Waals surface area (Å²) < 4.78 is 9.70. The van der Waals surface area contributed by atoms with Gasteiger partial charge in [0.05, 0.1) is 16.7 Å². The number of hydrogen-bond donors (Lipinski definition) is 3. The van der Waals surface area contributed by atoms with Crippen LogP contribution in [0.25, 0.3) is 0 Å². The molecule has 1 unspecified atom stereocenters. The number of aryl methyl sites for hydroxylation is 1. The maximum atomic E-state index is 13.6. The maximum Gasteiger partial charge on any atom is 0.254 e. The van der Waals surface area contributed by atoms with Crippen LogP contribution in [0.4, 0.5) is 11.4 Å². The summed E-state index contributed by atoms with van der Waals surface area (Å²) in [6.45, 7) is 2.93. The third-order valence-electron chi connectivity index (χ3n) is 8.02. The summed E-state index contributed by atoms with van der Waals surface area (Å²) in [4.78, 5) is 39.6. The average Bonchev–Trinajstić information content (AvgIpc) is 3.39. The molecule has 5 rings (SSSR count). The number of anilines is 2. The topological polar surface area (TPSA) is 109 Å². The van der Waals surface area contributed by atoms with Crippen molar-refractivity contribution in [1.82, 2.24) is 9.69 Å². The molecule has 36 heavy (non-hydrogen) atoms. The van der Waals surface area contributed by atoms with Gasteiger partial charge in [0.2, 0.25) is 11.8 Å². The van der Waals surface area contributed by atoms with E-state index in [1.54, 1.807) is 12.3 Å². The lowest BCUT2D eigenvalue weighted by Crippen LogP contribution is -2.48. The number of nitrogens with zero attached hydrogens (tertiary/aromatic N) is 1. The molecule has 1 saturated carbocycles. The second-order valence-corrected chi connectivity index (χ2v) is 10.9. The zero-order valence-corrected chi connectivity index (χ0v) is 21.5. The Morgan fingerprint density at radius 3 is 2.56 bits per heavy atom. The van der Waals surface area contributed by atoms with Gasteiger partial charge < -0.3 is 20.7 Å². The SMILES string of the molecule is Cc1nscc1C(=O)NC(C(=O)Nc1ccc2c(c1)NC(=O)C21CCOCC1)C1CCCCCCC1. The fourth-order valence-electron chi connectivity index (χ4n) is 5.89. The Morgan fingerprint density at radius 2 is 1.86 bits per heavy atom. The van der Waals surface area contributed by atoms with Gasteiger partial charge in [0.1, 0.15) is 6.04 Å². The number of benzene rings is 1. The van der Waals surface area contributed by atoms with Gasteiger partial charge in [-0.05, 0) is 67.8 Å². The highest BCUT2D eigenvalue weighted by Crippen LogP contribution is 2.45. The Labute approximate surface area is 215 Å². The Bertz CT molecular complexity index is 1130. The van der Waals surface area contributed by atoms with Crippen molar-refractivity contribution >= 4 is 40.6 Å². The fourth-order valence-corrected chi connectivity index (χ4v) is 6.58. The number of ether oxygens (including phenoxy) is 1. The number of nitrogens with one attached hydrogen (secondary N) is 3. The lowest BCUT2D eigenvalue weighted by molar-refractivity contribution is -0.124. The predicted molar refractivity (Wildman–Crippen MR) is 139 cm³/mol. The molecule has 0 radical (unpaired) electrons. The van der Waals surface area contributed by atoms with Crippen LogP contribution in [0.2, 0.25) is 0 Å². The smallest absolute Gasteiger partial charge is 0.254 e. The maximum absolute atomic E-state index is 13.6. The van der Waals surface area contributed by atoms with E-state index in [1.165, 1.54) is 18.0 Å². The van der Waals surface area contributed by atoms with E-state index in [1.807, 2.05) is 18.2 Å². The fraction of sp³-hybridized carbons (Fsp3) is 0.556. The van der Waals surface area contributed by atoms with E-state index in [2.05, 4.69) is 20.3 Å². The highest BCUT2D eigenvalue weighted by atomic mass is 32.1. The van der Waals surface area contributed by atoms with Crippen LogP contribution >= 0.6 is 11.5 Å². The first-order valence-electron chi connectivity index (χ1n) is 13.0. The van der Waals surface area contributed by atoms with Crippen molar-refractivity contribution in [2.24, 2.45) is 5.92 Å². The predicted octanol–water partition coefficient (Wildman–Crippen LogP) is 4.55. The van der Waals surface area contributed by atoms with Crippen molar-refractivity contribution in [3.63, 3.8) is 0 Å². The van der Waals surface area contributed by atoms with E-state index in [4.69, 9.17) is 4.74 Å². The number of hydrogen-bond acceptors (Lipinski definition) is 6. The number of amides is 3. The summed E-state index contributed by atoms with van der Waals surface area (Å²) in [6.07, 6.45) is 8.78. The van der Waals surface area contributed by atoms with Crippen LogP contribution in [0, 0.1) is 12.8 Å². The van der Waals surface area contributed by atoms with Crippen LogP contribution in [0.1, 0.15) is 79.4 Å². The average molecular weight is 511 g/mol. The Morgan fingerprint density at radius 1 is 1.14 bits per heavy atom. The van der Waals surface area contributed by atoms with E-state index >= 15 is 0 Å². The lowest BCUT2D eigenvalue weighted by atomic mass is 9.75. The van der Waals surface area contributed by atoms with Crippen LogP contribution in [0.3, 0.4) is 0 Å². The summed E-state index contributed by atoms with van der Waals surface area (Å²) in [5.41, 5.74) is 2.97. The minimum atomic E-state index is -0.639. The molecular formula is C27H34N4O4S. The summed E-state index contributed by atoms with van der Waals surface area (Å²) in [5.74, 6) is -0.407. The molecule has 1 aromatic heterocycles. The van der Waals surface area contributed by atoms with Crippen molar-refractivity contribution in [2.75, 3.05) is 23.8 Å². The highest BCUT2D eigenvalue weighted by molar-refractivity contribution is 7.03. The molecule has 1 aromatic carbocycles. The summed E-state index contributed by atoms with van der Waals surface area (Å²) in [6, 6.07) is 5.00. The van der Waals surface area contributed by atoms with Gasteiger partial charge in [-0.1, -0.05) is 38.2 Å². The van der Waals surface area contributed by atoms with E-state index in [0.717, 1.165) is 49.8 Å². The molecule has 2 fully saturated rings. The monoisotopic (exact) mass is 510 g/mol. The molecule has 8 nitrogen and oxygen atoms in total. The Hall–Kier alpha value is -2.78. The highest BCUT2D eigenvalue weighted by Gasteiger charge is 2.47. The first-order valence-corrected chi connectivity index (χ1v) is 13.9. The molecule has 3 heterocycles. The van der Waals surface area contributed by atoms with Gasteiger partial charge in [-0.15, -0.1) is 0 Å². The van der Waals surface area contributed by atoms with E-state index in [-0.39, 0.29) is 23.6 Å². The third-order valence-corrected chi connectivity index (χ3v) is 8.74. The molecule has 1 spiro atoms. The number of carbonyl (C=O) groups is 3. The molecule has 1 aliphatic carbocycles. The molecule has 2 aromatic rings. The Kier molecular flexibility index (Phi) is 7.39. The number of fused-ring (bicyclic) bond motifs is 2. The number of aromatic nitrogens is 1. The number of rotatable bonds is 5. The molecular weight excluding hydrogens is 476 g/mol. The van der Waals surface area contributed by atoms with Crippen LogP contribution in [-0.2, 0) is 19.7 Å². The lowest BCUT2D eigenvalue weighted by Gasteiger charge is -2.31. The standard InChI is InChI=1S/C27H34N4O4S/c1-17-20(16-36-31-17)24(32)30-23(18-7-5-3-2-4-6-8-18)25(33)28-19-9-10-21-22(15-19)29-26(34)27(21)11-13-35-14-12-27/h9-10,15-16,18,23H,2-8,11-14H2,1H3,(H,28,33)(H,29,34)(H,30,32). The van der Waals surface area contributed by atoms with Gasteiger partial charge in [0.15, 0.2) is 0 Å². The molecule has 9 heteroatoms. The van der Waals surface area contributed by atoms with Gasteiger partial charge in [-0.3, -0.25) is 14.4 Å². The molecule has 1 saturated heterocycles. The molecule has 3 N–H and O–H groups in total. The Balaban J connectivity index is 1.36. The van der Waals surface area contributed by atoms with E-state index in [0.29, 0.717) is 43.0 Å². The molecule has 3 amide bonds. The van der Waals surface area contributed by atoms with Crippen molar-refractivity contribution in [1.29, 1.82) is 0 Å². The van der Waals surface area contributed by atoms with Gasteiger partial charge in [-0.2, -0.15) is 4.37 Å². The van der Waals surface area contributed by atoms with Crippen molar-refractivity contribution < 1.29 is 19.1 Å². The minimum absolute atomic E-state index is 0.00341. The van der Waals surface area contributed by atoms with Crippen molar-refractivity contribution in [3.05, 3.63) is 40.4 Å². The van der Waals surface area contributed by atoms with Crippen LogP contribution in [0.15, 0.2) is 23.6 Å². The number of carbonyl (C=O) groups excluding carboxylic acids is 3. The summed E-state index contributed by atoms with van der Waals surface area (Å²) in [7, 11) is 0. The van der Waals surface area contributed by atoms with Crippen LogP contribution < -0.4 is 16.0 Å². The zero-order valence-electron chi connectivity index (χ0n) is 20.7. The van der Waals surface area contributed by atoms with Crippen molar-refractivity contribution in [2.45, 2.75) is 76.2 Å². The van der Waals surface area contributed by atoms with E-state index < -0.39 is 11.5 Å². The molecule has 3 aliphatic rings. The van der Waals surface area contributed by atoms with Gasteiger partial charge >= 0.3 is 0 Å². The minimum Gasteiger partial charge on any atom is -0.381 e. The third kappa shape index (κ3) is 4.91. The van der Waals surface area contributed by atoms with Crippen molar-refractivity contribution in [3.8, 4) is 0 Å². The quantitative estimate of drug-likeness (QED) is 0.547. The first kappa shape index (κ1) is 24.9. The molecule has 1 atom stereocenters. The van der Waals surface area contributed by atoms with Crippen LogP contribution in [0.5, 0.6) is 0 Å². The van der Waals surface area contributed by atoms with Gasteiger partial charge in [-0.25, -0.2) is 0 Å². The van der Waals surface area contributed by atoms with Crippen LogP contribution in [-0.4, -0.2) is 41.4 Å². The molecule has 0 bridgehead atoms.